The molecule has 0 radical (unpaired) electrons. The fraction of sp³-hybridized carbons (Fsp3) is 0.222. The van der Waals surface area contributed by atoms with Gasteiger partial charge in [0.15, 0.2) is 9.84 Å². The molecule has 0 saturated heterocycles. The molecule has 0 unspecified atom stereocenters. The molecule has 0 aliphatic rings. The Labute approximate surface area is 92.6 Å². The van der Waals surface area contributed by atoms with Crippen molar-refractivity contribution < 1.29 is 23.1 Å². The Balaban J connectivity index is 3.70. The average molecular weight is 245 g/mol. The highest BCUT2D eigenvalue weighted by molar-refractivity contribution is 7.91. The van der Waals surface area contributed by atoms with Gasteiger partial charge in [-0.05, 0) is 12.1 Å². The fourth-order valence-corrected chi connectivity index (χ4v) is 2.38. The van der Waals surface area contributed by atoms with Crippen LogP contribution in [0.4, 0.5) is 5.69 Å². The molecule has 3 N–H and O–H groups in total. The number of nitrogens with two attached hydrogens (primary N) is 1. The summed E-state index contributed by atoms with van der Waals surface area (Å²) in [6.45, 7) is 0. The number of carbonyl (C=O) groups is 1. The highest BCUT2D eigenvalue weighted by atomic mass is 32.2. The second-order valence-electron chi connectivity index (χ2n) is 3.14. The second-order valence-corrected chi connectivity index (χ2v) is 5.09. The van der Waals surface area contributed by atoms with Gasteiger partial charge >= 0.3 is 5.97 Å². The number of ether oxygens (including phenoxy) is 1. The first-order valence-electron chi connectivity index (χ1n) is 4.19. The van der Waals surface area contributed by atoms with Crippen LogP contribution in [0.2, 0.25) is 0 Å². The summed E-state index contributed by atoms with van der Waals surface area (Å²) in [6.07, 6.45) is 0.893. The van der Waals surface area contributed by atoms with Crippen LogP contribution in [0.5, 0.6) is 5.75 Å². The highest BCUT2D eigenvalue weighted by Gasteiger charge is 2.23. The molecule has 1 rings (SSSR count). The molecule has 0 aliphatic heterocycles. The van der Waals surface area contributed by atoms with Crippen LogP contribution < -0.4 is 10.5 Å². The van der Waals surface area contributed by atoms with E-state index < -0.39 is 20.7 Å². The first-order valence-corrected chi connectivity index (χ1v) is 6.08. The van der Waals surface area contributed by atoms with Crippen LogP contribution >= 0.6 is 0 Å². The average Bonchev–Trinajstić information content (AvgIpc) is 2.14. The summed E-state index contributed by atoms with van der Waals surface area (Å²) in [5, 5.41) is 8.86. The van der Waals surface area contributed by atoms with Crippen LogP contribution in [0.3, 0.4) is 0 Å². The molecule has 88 valence electrons. The van der Waals surface area contributed by atoms with Crippen LogP contribution in [0.25, 0.3) is 0 Å². The Morgan fingerprint density at radius 1 is 1.44 bits per heavy atom. The van der Waals surface area contributed by atoms with Gasteiger partial charge in [0.1, 0.15) is 10.6 Å². The Hall–Kier alpha value is -1.76. The van der Waals surface area contributed by atoms with Crippen molar-refractivity contribution in [3.05, 3.63) is 17.7 Å². The first kappa shape index (κ1) is 12.3. The topological polar surface area (TPSA) is 107 Å². The minimum Gasteiger partial charge on any atom is -0.495 e. The lowest BCUT2D eigenvalue weighted by atomic mass is 10.2. The van der Waals surface area contributed by atoms with Crippen LogP contribution in [-0.4, -0.2) is 32.9 Å². The normalized spacial score (nSPS) is 11.1. The number of methoxy groups -OCH3 is 1. The number of sulfone groups is 1. The smallest absolute Gasteiger partial charge is 0.337 e. The molecular formula is C9H11NO5S. The molecule has 16 heavy (non-hydrogen) atoms. The van der Waals surface area contributed by atoms with E-state index in [9.17, 15) is 13.2 Å². The largest absolute Gasteiger partial charge is 0.495 e. The number of hydrogen-bond acceptors (Lipinski definition) is 5. The predicted molar refractivity (Wildman–Crippen MR) is 57.5 cm³/mol. The van der Waals surface area contributed by atoms with Crippen molar-refractivity contribution in [2.75, 3.05) is 19.1 Å². The summed E-state index contributed by atoms with van der Waals surface area (Å²) in [6, 6.07) is 2.46. The molecule has 0 atom stereocenters. The summed E-state index contributed by atoms with van der Waals surface area (Å²) >= 11 is 0. The molecule has 0 amide bonds. The van der Waals surface area contributed by atoms with Gasteiger partial charge in [-0.15, -0.1) is 0 Å². The quantitative estimate of drug-likeness (QED) is 0.745. The van der Waals surface area contributed by atoms with Gasteiger partial charge in [-0.25, -0.2) is 13.2 Å². The van der Waals surface area contributed by atoms with Gasteiger partial charge in [-0.3, -0.25) is 0 Å². The molecule has 0 spiro atoms. The summed E-state index contributed by atoms with van der Waals surface area (Å²) in [7, 11) is -2.41. The minimum absolute atomic E-state index is 0.130. The number of carboxylic acids is 1. The van der Waals surface area contributed by atoms with E-state index in [0.29, 0.717) is 0 Å². The van der Waals surface area contributed by atoms with E-state index in [4.69, 9.17) is 15.6 Å². The van der Waals surface area contributed by atoms with Crippen LogP contribution in [0.1, 0.15) is 10.4 Å². The number of hydrogen-bond donors (Lipinski definition) is 2. The second kappa shape index (κ2) is 4.01. The molecule has 7 heteroatoms. The maximum atomic E-state index is 11.4. The Morgan fingerprint density at radius 2 is 2.00 bits per heavy atom. The van der Waals surface area contributed by atoms with Crippen molar-refractivity contribution in [3.63, 3.8) is 0 Å². The van der Waals surface area contributed by atoms with Crippen molar-refractivity contribution in [1.82, 2.24) is 0 Å². The maximum absolute atomic E-state index is 11.4. The number of rotatable bonds is 3. The first-order chi connectivity index (χ1) is 7.29. The van der Waals surface area contributed by atoms with E-state index in [-0.39, 0.29) is 17.0 Å². The van der Waals surface area contributed by atoms with E-state index in [1.54, 1.807) is 0 Å². The Bertz CT molecular complexity index is 535. The molecular weight excluding hydrogens is 234 g/mol. The molecule has 0 saturated carbocycles. The lowest BCUT2D eigenvalue weighted by molar-refractivity contribution is 0.0692. The maximum Gasteiger partial charge on any atom is 0.337 e. The van der Waals surface area contributed by atoms with Crippen LogP contribution in [0, 0.1) is 0 Å². The molecule has 0 heterocycles. The van der Waals surface area contributed by atoms with Gasteiger partial charge in [0, 0.05) is 6.26 Å². The zero-order valence-corrected chi connectivity index (χ0v) is 9.54. The van der Waals surface area contributed by atoms with E-state index in [1.807, 2.05) is 0 Å². The summed E-state index contributed by atoms with van der Waals surface area (Å²) in [5.74, 6) is -1.22. The number of nitrogen functional groups attached to an aromatic ring is 1. The lowest BCUT2D eigenvalue weighted by Crippen LogP contribution is -2.11. The molecule has 1 aromatic carbocycles. The summed E-state index contributed by atoms with van der Waals surface area (Å²) in [5.41, 5.74) is 5.00. The van der Waals surface area contributed by atoms with Crippen molar-refractivity contribution >= 4 is 21.5 Å². The SMILES string of the molecule is COc1ccc(C(=O)O)c(S(C)(=O)=O)c1N. The number of benzene rings is 1. The van der Waals surface area contributed by atoms with Gasteiger partial charge in [0.25, 0.3) is 0 Å². The van der Waals surface area contributed by atoms with Crippen molar-refractivity contribution in [2.24, 2.45) is 0 Å². The Kier molecular flexibility index (Phi) is 3.09. The van der Waals surface area contributed by atoms with Gasteiger partial charge in [0.2, 0.25) is 0 Å². The van der Waals surface area contributed by atoms with Crippen molar-refractivity contribution in [1.29, 1.82) is 0 Å². The summed E-state index contributed by atoms with van der Waals surface area (Å²) < 4.78 is 27.7. The zero-order valence-electron chi connectivity index (χ0n) is 8.72. The fourth-order valence-electron chi connectivity index (χ4n) is 1.33. The van der Waals surface area contributed by atoms with Crippen LogP contribution in [0.15, 0.2) is 17.0 Å². The number of aromatic carboxylic acids is 1. The van der Waals surface area contributed by atoms with Gasteiger partial charge < -0.3 is 15.6 Å². The third-order valence-corrected chi connectivity index (χ3v) is 3.16. The van der Waals surface area contributed by atoms with Gasteiger partial charge in [0.05, 0.1) is 18.4 Å². The van der Waals surface area contributed by atoms with E-state index in [2.05, 4.69) is 0 Å². The van der Waals surface area contributed by atoms with E-state index in [1.165, 1.54) is 13.2 Å². The monoisotopic (exact) mass is 245 g/mol. The predicted octanol–water partition coefficient (Wildman–Crippen LogP) is 0.379. The highest BCUT2D eigenvalue weighted by Crippen LogP contribution is 2.31. The molecule has 0 aliphatic carbocycles. The van der Waals surface area contributed by atoms with Gasteiger partial charge in [-0.2, -0.15) is 0 Å². The Morgan fingerprint density at radius 3 is 2.38 bits per heavy atom. The lowest BCUT2D eigenvalue weighted by Gasteiger charge is -2.11. The van der Waals surface area contributed by atoms with E-state index >= 15 is 0 Å². The van der Waals surface area contributed by atoms with E-state index in [0.717, 1.165) is 12.3 Å². The van der Waals surface area contributed by atoms with Crippen LogP contribution in [-0.2, 0) is 9.84 Å². The number of anilines is 1. The molecule has 0 aromatic heterocycles. The summed E-state index contributed by atoms with van der Waals surface area (Å²) in [4.78, 5) is 10.4. The van der Waals surface area contributed by atoms with Crippen molar-refractivity contribution in [2.45, 2.75) is 4.90 Å². The van der Waals surface area contributed by atoms with Gasteiger partial charge in [-0.1, -0.05) is 0 Å². The molecule has 0 fully saturated rings. The van der Waals surface area contributed by atoms with Crippen molar-refractivity contribution in [3.8, 4) is 5.75 Å². The number of carboxylic acid groups (broad SMARTS) is 1. The minimum atomic E-state index is -3.73. The molecule has 0 bridgehead atoms. The zero-order chi connectivity index (χ0) is 12.5. The molecule has 6 nitrogen and oxygen atoms in total. The standard InChI is InChI=1S/C9H11NO5S/c1-15-6-4-3-5(9(11)12)8(7(6)10)16(2,13)14/h3-4H,10H2,1-2H3,(H,11,12). The third kappa shape index (κ3) is 2.08. The molecule has 1 aromatic rings. The third-order valence-electron chi connectivity index (χ3n) is 1.98.